The van der Waals surface area contributed by atoms with Gasteiger partial charge in [-0.25, -0.2) is 8.51 Å². The molecule has 0 aromatic rings. The molecule has 14 heavy (non-hydrogen) atoms. The fourth-order valence-corrected chi connectivity index (χ4v) is 2.97. The van der Waals surface area contributed by atoms with E-state index in [1.54, 1.807) is 0 Å². The summed E-state index contributed by atoms with van der Waals surface area (Å²) in [6.07, 6.45) is 5.11. The van der Waals surface area contributed by atoms with Gasteiger partial charge in [-0.15, -0.1) is 0 Å². The van der Waals surface area contributed by atoms with E-state index in [1.165, 1.54) is 25.7 Å². The predicted octanol–water partition coefficient (Wildman–Crippen LogP) is 2.71. The fraction of sp³-hybridized carbons (Fsp3) is 1.00. The number of hydrogen-bond acceptors (Lipinski definition) is 1. The molecule has 1 heterocycles. The van der Waals surface area contributed by atoms with Crippen molar-refractivity contribution in [2.75, 3.05) is 6.54 Å². The molecule has 1 saturated heterocycles. The Morgan fingerprint density at radius 2 is 2.00 bits per heavy atom. The summed E-state index contributed by atoms with van der Waals surface area (Å²) in [7, 11) is -0.780. The minimum atomic E-state index is -0.780. The second kappa shape index (κ2) is 4.75. The lowest BCUT2D eigenvalue weighted by Crippen LogP contribution is -2.28. The Labute approximate surface area is 90.7 Å². The first-order valence-electron chi connectivity index (χ1n) is 5.65. The van der Waals surface area contributed by atoms with Crippen molar-refractivity contribution in [2.45, 2.75) is 64.2 Å². The molecular weight excluding hydrogens is 194 g/mol. The van der Waals surface area contributed by atoms with Crippen LogP contribution in [0.2, 0.25) is 0 Å². The summed E-state index contributed by atoms with van der Waals surface area (Å²) in [5.41, 5.74) is 0. The molecule has 84 valence electrons. The summed E-state index contributed by atoms with van der Waals surface area (Å²) in [6, 6.07) is 0.613. The highest BCUT2D eigenvalue weighted by Gasteiger charge is 2.42. The number of nitrogens with zero attached hydrogens (tertiary/aromatic N) is 1. The van der Waals surface area contributed by atoms with Crippen LogP contribution in [0.3, 0.4) is 0 Å². The van der Waals surface area contributed by atoms with Gasteiger partial charge in [-0.05, 0) is 27.2 Å². The number of hydrogen-bond donors (Lipinski definition) is 0. The highest BCUT2D eigenvalue weighted by Crippen LogP contribution is 2.30. The second-order valence-corrected chi connectivity index (χ2v) is 7.30. The summed E-state index contributed by atoms with van der Waals surface area (Å²) in [5, 5.41) is 0. The summed E-state index contributed by atoms with van der Waals surface area (Å²) in [4.78, 5) is 0. The van der Waals surface area contributed by atoms with Gasteiger partial charge < -0.3 is 0 Å². The van der Waals surface area contributed by atoms with Gasteiger partial charge in [0.1, 0.15) is 11.0 Å². The van der Waals surface area contributed by atoms with Gasteiger partial charge in [0.15, 0.2) is 0 Å². The lowest BCUT2D eigenvalue weighted by molar-refractivity contribution is 0.580. The van der Waals surface area contributed by atoms with E-state index in [-0.39, 0.29) is 4.75 Å². The largest absolute Gasteiger partial charge is 0.242 e. The van der Waals surface area contributed by atoms with Crippen molar-refractivity contribution in [3.8, 4) is 0 Å². The van der Waals surface area contributed by atoms with Crippen molar-refractivity contribution in [3.05, 3.63) is 0 Å². The third-order valence-corrected chi connectivity index (χ3v) is 4.46. The maximum atomic E-state index is 11.9. The maximum Gasteiger partial charge on any atom is 0.100 e. The number of rotatable bonds is 5. The Bertz CT molecular complexity index is 210. The molecule has 1 fully saturated rings. The van der Waals surface area contributed by atoms with E-state index in [0.29, 0.717) is 6.04 Å². The van der Waals surface area contributed by atoms with E-state index >= 15 is 0 Å². The molecule has 0 saturated carbocycles. The Balaban J connectivity index is 2.22. The van der Waals surface area contributed by atoms with Crippen LogP contribution in [0.15, 0.2) is 0 Å². The first kappa shape index (κ1) is 12.2. The van der Waals surface area contributed by atoms with Gasteiger partial charge in [-0.2, -0.15) is 0 Å². The zero-order valence-corrected chi connectivity index (χ0v) is 10.7. The van der Waals surface area contributed by atoms with E-state index in [4.69, 9.17) is 0 Å². The van der Waals surface area contributed by atoms with Crippen LogP contribution in [0, 0.1) is 0 Å². The lowest BCUT2D eigenvalue weighted by Gasteiger charge is -2.18. The first-order chi connectivity index (χ1) is 6.46. The standard InChI is InChI=1S/C11H23NOS/c1-5-6-7-8-10-9-12(10)14(13)11(2,3)4/h10H,5-9H2,1-4H3/t10-,12?,14+/m0/s1. The normalized spacial score (nSPS) is 28.9. The molecule has 1 aliphatic rings. The van der Waals surface area contributed by atoms with Crippen LogP contribution in [0.1, 0.15) is 53.4 Å². The third kappa shape index (κ3) is 3.35. The highest BCUT2D eigenvalue weighted by molar-refractivity contribution is 7.84. The molecule has 0 N–H and O–H groups in total. The molecule has 0 radical (unpaired) electrons. The van der Waals surface area contributed by atoms with Crippen LogP contribution in [-0.2, 0) is 11.0 Å². The van der Waals surface area contributed by atoms with Gasteiger partial charge >= 0.3 is 0 Å². The van der Waals surface area contributed by atoms with Crippen LogP contribution >= 0.6 is 0 Å². The summed E-state index contributed by atoms with van der Waals surface area (Å²) >= 11 is 0. The Kier molecular flexibility index (Phi) is 4.14. The van der Waals surface area contributed by atoms with Gasteiger partial charge in [0.05, 0.1) is 4.75 Å². The molecule has 0 aliphatic carbocycles. The van der Waals surface area contributed by atoms with Crippen molar-refractivity contribution < 1.29 is 4.21 Å². The molecule has 0 bridgehead atoms. The highest BCUT2D eigenvalue weighted by atomic mass is 32.2. The average molecular weight is 217 g/mol. The van der Waals surface area contributed by atoms with Crippen molar-refractivity contribution in [1.29, 1.82) is 0 Å². The Morgan fingerprint density at radius 1 is 1.36 bits per heavy atom. The minimum Gasteiger partial charge on any atom is -0.242 e. The predicted molar refractivity (Wildman–Crippen MR) is 62.5 cm³/mol. The van der Waals surface area contributed by atoms with Crippen LogP contribution in [-0.4, -0.2) is 25.8 Å². The van der Waals surface area contributed by atoms with Crippen LogP contribution in [0.25, 0.3) is 0 Å². The van der Waals surface area contributed by atoms with Crippen molar-refractivity contribution >= 4 is 11.0 Å². The molecule has 0 spiro atoms. The van der Waals surface area contributed by atoms with E-state index in [9.17, 15) is 4.21 Å². The molecule has 2 nitrogen and oxygen atoms in total. The summed E-state index contributed by atoms with van der Waals surface area (Å²) in [5.74, 6) is 0. The van der Waals surface area contributed by atoms with E-state index in [1.807, 2.05) is 20.8 Å². The third-order valence-electron chi connectivity index (χ3n) is 2.54. The van der Waals surface area contributed by atoms with Gasteiger partial charge in [0, 0.05) is 12.6 Å². The van der Waals surface area contributed by atoms with Crippen LogP contribution < -0.4 is 0 Å². The van der Waals surface area contributed by atoms with Crippen LogP contribution in [0.4, 0.5) is 0 Å². The van der Waals surface area contributed by atoms with Crippen molar-refractivity contribution in [3.63, 3.8) is 0 Å². The van der Waals surface area contributed by atoms with Crippen LogP contribution in [0.5, 0.6) is 0 Å². The Hall–Kier alpha value is 0.110. The molecule has 0 aromatic carbocycles. The van der Waals surface area contributed by atoms with E-state index in [2.05, 4.69) is 11.2 Å². The van der Waals surface area contributed by atoms with Gasteiger partial charge in [-0.3, -0.25) is 0 Å². The van der Waals surface area contributed by atoms with Crippen molar-refractivity contribution in [1.82, 2.24) is 4.31 Å². The topological polar surface area (TPSA) is 20.1 Å². The van der Waals surface area contributed by atoms with E-state index in [0.717, 1.165) is 6.54 Å². The number of unbranched alkanes of at least 4 members (excludes halogenated alkanes) is 2. The lowest BCUT2D eigenvalue weighted by atomic mass is 10.2. The molecule has 3 heteroatoms. The molecule has 0 amide bonds. The molecule has 1 rings (SSSR count). The fourth-order valence-electron chi connectivity index (χ4n) is 1.58. The molecule has 1 unspecified atom stereocenters. The Morgan fingerprint density at radius 3 is 2.50 bits per heavy atom. The van der Waals surface area contributed by atoms with Gasteiger partial charge in [0.25, 0.3) is 0 Å². The summed E-state index contributed by atoms with van der Waals surface area (Å²) < 4.78 is 14.0. The molecule has 3 atom stereocenters. The zero-order valence-electron chi connectivity index (χ0n) is 9.88. The molecular formula is C11H23NOS. The zero-order chi connectivity index (χ0) is 10.8. The maximum absolute atomic E-state index is 11.9. The smallest absolute Gasteiger partial charge is 0.100 e. The minimum absolute atomic E-state index is 0.0838. The monoisotopic (exact) mass is 217 g/mol. The van der Waals surface area contributed by atoms with Crippen molar-refractivity contribution in [2.24, 2.45) is 0 Å². The SMILES string of the molecule is CCCCC[C@H]1CN1[S@](=O)C(C)(C)C. The first-order valence-corrected chi connectivity index (χ1v) is 6.76. The molecule has 1 aliphatic heterocycles. The van der Waals surface area contributed by atoms with E-state index < -0.39 is 11.0 Å². The second-order valence-electron chi connectivity index (χ2n) is 5.11. The van der Waals surface area contributed by atoms with Gasteiger partial charge in [0.2, 0.25) is 0 Å². The average Bonchev–Trinajstić information content (AvgIpc) is 2.81. The molecule has 0 aromatic heterocycles. The summed E-state index contributed by atoms with van der Waals surface area (Å²) in [6.45, 7) is 9.41. The quantitative estimate of drug-likeness (QED) is 0.512. The van der Waals surface area contributed by atoms with Gasteiger partial charge in [-0.1, -0.05) is 26.2 Å².